The highest BCUT2D eigenvalue weighted by Crippen LogP contribution is 2.35. The topological polar surface area (TPSA) is 228 Å². The summed E-state index contributed by atoms with van der Waals surface area (Å²) in [6, 6.07) is 12.4. The van der Waals surface area contributed by atoms with Crippen LogP contribution >= 0.6 is 0 Å². The van der Waals surface area contributed by atoms with Crippen LogP contribution in [0.3, 0.4) is 0 Å². The highest BCUT2D eigenvalue weighted by molar-refractivity contribution is 5.99. The Labute approximate surface area is 344 Å². The van der Waals surface area contributed by atoms with Gasteiger partial charge in [0.05, 0.1) is 117 Å². The number of nitrogens with two attached hydrogens (primary N) is 3. The van der Waals surface area contributed by atoms with Crippen molar-refractivity contribution in [1.82, 2.24) is 24.6 Å². The number of hydrogen-bond acceptors (Lipinski definition) is 16. The monoisotopic (exact) mass is 819 g/mol. The number of rotatable bonds is 28. The maximum absolute atomic E-state index is 12.9. The zero-order chi connectivity index (χ0) is 41.1. The van der Waals surface area contributed by atoms with Crippen LogP contribution in [0.15, 0.2) is 47.7 Å². The minimum Gasteiger partial charge on any atom is -0.387 e. The van der Waals surface area contributed by atoms with Crippen LogP contribution in [0.1, 0.15) is 22.3 Å². The molecule has 2 aliphatic rings. The van der Waals surface area contributed by atoms with E-state index in [1.54, 1.807) is 0 Å². The van der Waals surface area contributed by atoms with Crippen molar-refractivity contribution in [2.75, 3.05) is 125 Å². The summed E-state index contributed by atoms with van der Waals surface area (Å²) in [5.74, 6) is 0.920. The molecule has 0 atom stereocenters. The smallest absolute Gasteiger partial charge is 0.248 e. The van der Waals surface area contributed by atoms with Gasteiger partial charge in [0.2, 0.25) is 5.91 Å². The van der Waals surface area contributed by atoms with Gasteiger partial charge in [-0.1, -0.05) is 30.3 Å². The Morgan fingerprint density at radius 3 is 1.90 bits per heavy atom. The second kappa shape index (κ2) is 23.8. The average Bonchev–Trinajstić information content (AvgIpc) is 3.81. The van der Waals surface area contributed by atoms with Crippen molar-refractivity contribution in [3.05, 3.63) is 65.0 Å². The van der Waals surface area contributed by atoms with Gasteiger partial charge in [0.25, 0.3) is 0 Å². The highest BCUT2D eigenvalue weighted by Gasteiger charge is 2.23. The lowest BCUT2D eigenvalue weighted by Crippen LogP contribution is -2.38. The molecule has 4 heterocycles. The first kappa shape index (κ1) is 43.9. The molecule has 0 bridgehead atoms. The molecule has 320 valence electrons. The fourth-order valence-electron chi connectivity index (χ4n) is 6.66. The van der Waals surface area contributed by atoms with Gasteiger partial charge in [-0.2, -0.15) is 5.10 Å². The Morgan fingerprint density at radius 2 is 1.27 bits per heavy atom. The second-order valence-electron chi connectivity index (χ2n) is 13.9. The molecule has 2 aliphatic heterocycles. The molecular weight excluding hydrogens is 763 g/mol. The van der Waals surface area contributed by atoms with Crippen molar-refractivity contribution in [2.24, 2.45) is 16.5 Å². The van der Waals surface area contributed by atoms with Crippen LogP contribution < -0.4 is 17.2 Å². The molecule has 0 fully saturated rings. The van der Waals surface area contributed by atoms with Crippen LogP contribution in [0, 0.1) is 0 Å². The van der Waals surface area contributed by atoms with E-state index in [4.69, 9.17) is 60.2 Å². The predicted molar refractivity (Wildman–Crippen MR) is 220 cm³/mol. The number of hydrogen-bond donors (Lipinski definition) is 3. The van der Waals surface area contributed by atoms with Gasteiger partial charge < -0.3 is 60.0 Å². The summed E-state index contributed by atoms with van der Waals surface area (Å²) in [5.41, 5.74) is 25.2. The number of amides is 1. The number of aromatic nitrogens is 4. The molecular formula is C41H57N9O9. The van der Waals surface area contributed by atoms with E-state index in [0.29, 0.717) is 160 Å². The van der Waals surface area contributed by atoms with Gasteiger partial charge in [0, 0.05) is 31.6 Å². The van der Waals surface area contributed by atoms with E-state index in [0.717, 1.165) is 34.4 Å². The number of nitrogen functional groups attached to an aromatic ring is 1. The Hall–Kier alpha value is -4.63. The predicted octanol–water partition coefficient (Wildman–Crippen LogP) is 1.64. The first-order chi connectivity index (χ1) is 29.0. The first-order valence-electron chi connectivity index (χ1n) is 20.1. The van der Waals surface area contributed by atoms with Crippen molar-refractivity contribution >= 4 is 34.3 Å². The third kappa shape index (κ3) is 13.4. The number of carbonyl (C=O) groups excluding carboxylic acids is 1. The van der Waals surface area contributed by atoms with Crippen molar-refractivity contribution in [2.45, 2.75) is 25.9 Å². The Balaban J connectivity index is 0.800. The molecule has 0 spiro atoms. The fourth-order valence-corrected chi connectivity index (χ4v) is 6.66. The van der Waals surface area contributed by atoms with Gasteiger partial charge in [0.15, 0.2) is 5.65 Å². The van der Waals surface area contributed by atoms with Gasteiger partial charge in [-0.25, -0.2) is 19.6 Å². The molecule has 6 rings (SSSR count). The van der Waals surface area contributed by atoms with E-state index in [1.807, 2.05) is 27.8 Å². The van der Waals surface area contributed by atoms with Crippen LogP contribution in [0.25, 0.3) is 22.3 Å². The molecule has 0 unspecified atom stereocenters. The Bertz CT molecular complexity index is 1960. The van der Waals surface area contributed by atoms with E-state index in [9.17, 15) is 4.79 Å². The maximum atomic E-state index is 12.9. The lowest BCUT2D eigenvalue weighted by atomic mass is 9.97. The fraction of sp³-hybridized carbons (Fsp3) is 0.537. The van der Waals surface area contributed by atoms with Crippen LogP contribution in [-0.4, -0.2) is 155 Å². The SMILES string of the molecule is NCCOCCOCCOCCOCCOCCOCCOCCOCC(=O)N1CCc2cc(Cn3nc(-c4ccc5c(c4)N=C(N)C5)c4c(N)ncnc43)ccc2C1. The van der Waals surface area contributed by atoms with Crippen molar-refractivity contribution in [3.63, 3.8) is 0 Å². The summed E-state index contributed by atoms with van der Waals surface area (Å²) >= 11 is 0. The molecule has 0 radical (unpaired) electrons. The molecule has 18 nitrogen and oxygen atoms in total. The number of amidine groups is 1. The largest absolute Gasteiger partial charge is 0.387 e. The zero-order valence-electron chi connectivity index (χ0n) is 33.7. The van der Waals surface area contributed by atoms with E-state index < -0.39 is 0 Å². The third-order valence-electron chi connectivity index (χ3n) is 9.61. The summed E-state index contributed by atoms with van der Waals surface area (Å²) in [5, 5.41) is 5.66. The summed E-state index contributed by atoms with van der Waals surface area (Å²) in [4.78, 5) is 28.1. The Kier molecular flexibility index (Phi) is 17.7. The molecule has 59 heavy (non-hydrogen) atoms. The number of benzene rings is 2. The summed E-state index contributed by atoms with van der Waals surface area (Å²) < 4.78 is 45.6. The highest BCUT2D eigenvalue weighted by atomic mass is 16.6. The lowest BCUT2D eigenvalue weighted by molar-refractivity contribution is -0.137. The molecule has 0 aliphatic carbocycles. The van der Waals surface area contributed by atoms with E-state index in [1.165, 1.54) is 11.9 Å². The van der Waals surface area contributed by atoms with Gasteiger partial charge in [-0.3, -0.25) is 4.79 Å². The average molecular weight is 820 g/mol. The van der Waals surface area contributed by atoms with E-state index in [2.05, 4.69) is 33.2 Å². The Morgan fingerprint density at radius 1 is 0.678 bits per heavy atom. The third-order valence-corrected chi connectivity index (χ3v) is 9.61. The van der Waals surface area contributed by atoms with Gasteiger partial charge >= 0.3 is 0 Å². The van der Waals surface area contributed by atoms with Crippen molar-refractivity contribution in [1.29, 1.82) is 0 Å². The summed E-state index contributed by atoms with van der Waals surface area (Å²) in [7, 11) is 0. The molecule has 18 heteroatoms. The van der Waals surface area contributed by atoms with Crippen molar-refractivity contribution in [3.8, 4) is 11.3 Å². The van der Waals surface area contributed by atoms with Crippen LogP contribution in [0.4, 0.5) is 11.5 Å². The molecule has 6 N–H and O–H groups in total. The number of nitrogens with zero attached hydrogens (tertiary/aromatic N) is 6. The number of carbonyl (C=O) groups is 1. The van der Waals surface area contributed by atoms with Crippen LogP contribution in [0.5, 0.6) is 0 Å². The van der Waals surface area contributed by atoms with Gasteiger partial charge in [-0.05, 0) is 34.7 Å². The molecule has 2 aromatic carbocycles. The number of ether oxygens (including phenoxy) is 8. The molecule has 0 saturated carbocycles. The van der Waals surface area contributed by atoms with Crippen LogP contribution in [0.2, 0.25) is 0 Å². The molecule has 0 saturated heterocycles. The minimum absolute atomic E-state index is 0.00637. The van der Waals surface area contributed by atoms with Crippen LogP contribution in [-0.2, 0) is 68.6 Å². The second-order valence-corrected chi connectivity index (χ2v) is 13.9. The van der Waals surface area contributed by atoms with Gasteiger partial charge in [-0.15, -0.1) is 0 Å². The standard InChI is InChI=1S/C41H57N9O9/c42-6-8-52-9-10-53-11-12-54-13-14-55-15-16-56-17-18-57-19-20-58-21-22-59-28-37(51)49-7-5-31-23-30(1-2-34(31)27-49)26-50-41-38(40(44)45-29-46-41)39(48-50)33-4-3-32-25-36(43)47-35(32)24-33/h1-4,23-24,29H,5-22,25-28,42H2,(H2,43,47)(H2,44,45,46). The summed E-state index contributed by atoms with van der Waals surface area (Å²) in [6.45, 7) is 9.28. The number of anilines is 1. The zero-order valence-corrected chi connectivity index (χ0v) is 33.7. The summed E-state index contributed by atoms with van der Waals surface area (Å²) in [6.07, 6.45) is 2.85. The van der Waals surface area contributed by atoms with E-state index >= 15 is 0 Å². The molecule has 1 amide bonds. The normalized spacial score (nSPS) is 13.6. The van der Waals surface area contributed by atoms with Crippen molar-refractivity contribution < 1.29 is 42.7 Å². The quantitative estimate of drug-likeness (QED) is 0.0693. The molecule has 4 aromatic rings. The van der Waals surface area contributed by atoms with Gasteiger partial charge in [0.1, 0.15) is 30.3 Å². The number of fused-ring (bicyclic) bond motifs is 3. The lowest BCUT2D eigenvalue weighted by Gasteiger charge is -2.29. The van der Waals surface area contributed by atoms with E-state index in [-0.39, 0.29) is 12.5 Å². The first-order valence-corrected chi connectivity index (χ1v) is 20.1. The minimum atomic E-state index is -0.0447. The maximum Gasteiger partial charge on any atom is 0.248 e. The number of aliphatic imine (C=N–C) groups is 1. The molecule has 2 aromatic heterocycles.